The Morgan fingerprint density at radius 3 is 0.695 bits per heavy atom. The molecule has 0 aromatic carbocycles. The predicted octanol–water partition coefficient (Wildman–Crippen LogP) is -0.433. The molecule has 14 heterocycles. The molecule has 0 saturated carbocycles. The Morgan fingerprint density at radius 2 is 0.482 bits per heavy atom. The number of nitrogens with zero attached hydrogens (tertiary/aromatic N) is 9. The number of hydrogen-bond donors (Lipinski definition) is 14. The highest BCUT2D eigenvalue weighted by atomic mass is 32.5. The summed E-state index contributed by atoms with van der Waals surface area (Å²) in [6.45, 7) is -24.9. The number of ether oxygens (including phenoxy) is 7. The van der Waals surface area contributed by atoms with Crippen LogP contribution in [-0.2, 0) is 179 Å². The van der Waals surface area contributed by atoms with Crippen molar-refractivity contribution < 1.29 is 131 Å². The minimum atomic E-state index is -4.80. The Labute approximate surface area is 828 Å². The maximum atomic E-state index is 13.6. The second-order valence-electron chi connectivity index (χ2n) is 33.4. The molecule has 7 aromatic rings. The van der Waals surface area contributed by atoms with E-state index in [4.69, 9.17) is 191 Å². The number of anilines is 2. The molecule has 28 atom stereocenters. The van der Waals surface area contributed by atoms with E-state index in [0.29, 0.717) is 11.1 Å². The number of nitrogen functional groups attached to an aromatic ring is 2. The number of aromatic amines is 5. The van der Waals surface area contributed by atoms with Crippen molar-refractivity contribution in [3.8, 4) is 0 Å². The smallest absolute Gasteiger partial charge is 0.351 e. The van der Waals surface area contributed by atoms with Crippen molar-refractivity contribution >= 4 is 141 Å². The molecule has 0 spiro atoms. The summed E-state index contributed by atoms with van der Waals surface area (Å²) in [7, 11) is 1.10. The van der Waals surface area contributed by atoms with Gasteiger partial charge in [-0.3, -0.25) is 80.9 Å². The Hall–Kier alpha value is -5.81. The molecule has 7 saturated heterocycles. The summed E-state index contributed by atoms with van der Waals surface area (Å²) in [5, 5.41) is 0. The molecule has 16 N–H and O–H groups in total. The van der Waals surface area contributed by atoms with Crippen molar-refractivity contribution in [3.05, 3.63) is 207 Å². The molecule has 56 nitrogen and oxygen atoms in total. The molecule has 7 aromatic heterocycles. The van der Waals surface area contributed by atoms with Crippen LogP contribution in [0.3, 0.4) is 0 Å². The molecule has 7 aliphatic rings. The molecular weight excluding hydrogens is 2160 g/mol. The lowest BCUT2D eigenvalue weighted by Crippen LogP contribution is -2.33. The zero-order valence-electron chi connectivity index (χ0n) is 75.1. The fourth-order valence-electron chi connectivity index (χ4n) is 15.9. The predicted molar refractivity (Wildman–Crippen MR) is 513 cm³/mol. The van der Waals surface area contributed by atoms with Gasteiger partial charge in [0.05, 0.1) is 88.5 Å². The summed E-state index contributed by atoms with van der Waals surface area (Å²) < 4.78 is 133. The number of nitrogens with two attached hydrogens (primary N) is 2. The number of H-pyrrole nitrogens is 5. The minimum Gasteiger partial charge on any atom is -0.383 e. The summed E-state index contributed by atoms with van der Waals surface area (Å²) in [4.78, 5) is 257. The zero-order valence-corrected chi connectivity index (χ0v) is 87.1. The highest BCUT2D eigenvalue weighted by Gasteiger charge is 2.52. The molecule has 0 radical (unpaired) electrons. The van der Waals surface area contributed by atoms with Gasteiger partial charge in [0.1, 0.15) is 91.9 Å². The van der Waals surface area contributed by atoms with E-state index in [0.717, 1.165) is 51.5 Å². The summed E-state index contributed by atoms with van der Waals surface area (Å²) in [5.74, 6) is -0.201. The van der Waals surface area contributed by atoms with Crippen molar-refractivity contribution in [2.75, 3.05) is 58.2 Å². The average Bonchev–Trinajstić information content (AvgIpc) is 1.66. The highest BCUT2D eigenvalue weighted by molar-refractivity contribution is 8.09. The van der Waals surface area contributed by atoms with Crippen molar-refractivity contribution in [2.45, 2.75) is 229 Å². The van der Waals surface area contributed by atoms with Gasteiger partial charge in [-0.25, -0.2) is 33.6 Å². The Kier molecular flexibility index (Phi) is 35.0. The SMILES string of the molecule is COP(O)(=S)OC1C[C@H](n2cc(C)c(N)nc2=O)O[C@@H]1COP(O)(=S)OC1C[C@H](n2cc(C)c(=O)[nH]c2=O)O[C@@H]1COP(O)(=S)OC1C[C@H](n2cc(C)c(N)nc2=O)O[C@@H]1COP(O)(=S)OC1C[C@H](n2cc(C)c(=O)[nH]c2=O)O[C@@H]1COP(O)(=S)OC1C[C@H](n2cc(C)c(=O)[nH]c2=O)O[C@@H]1COP(O)(=S)OC1C[C@H](n2cc(C)c(=O)[nH]c2=O)O[C@@H]1COP(O)(=S)OC1C[C@H](n2cc(C)c(=O)[nH]c2=O)O[C@@H]1C. The number of aromatic nitrogens is 14. The maximum absolute atomic E-state index is 13.6. The van der Waals surface area contributed by atoms with Gasteiger partial charge in [0, 0.05) is 134 Å². The summed E-state index contributed by atoms with van der Waals surface area (Å²) in [6.07, 6.45) is -21.9. The first-order chi connectivity index (χ1) is 65.9. The molecule has 0 aliphatic carbocycles. The van der Waals surface area contributed by atoms with Crippen molar-refractivity contribution in [3.63, 3.8) is 0 Å². The van der Waals surface area contributed by atoms with Gasteiger partial charge in [0.25, 0.3) is 27.8 Å². The summed E-state index contributed by atoms with van der Waals surface area (Å²) in [6, 6.07) is 0. The van der Waals surface area contributed by atoms with Crippen LogP contribution in [0.2, 0.25) is 0 Å². The van der Waals surface area contributed by atoms with Gasteiger partial charge >= 0.3 is 86.9 Å². The molecule has 7 aliphatic heterocycles. The fraction of sp³-hybridized carbons (Fsp3) is 0.606. The molecule has 14 unspecified atom stereocenters. The van der Waals surface area contributed by atoms with Crippen molar-refractivity contribution in [2.24, 2.45) is 0 Å². The van der Waals surface area contributed by atoms with Gasteiger partial charge in [-0.2, -0.15) is 9.97 Å². The van der Waals surface area contributed by atoms with Crippen LogP contribution in [-0.4, -0.2) is 233 Å². The maximum Gasteiger partial charge on any atom is 0.351 e. The number of nitrogens with one attached hydrogen (secondary N) is 5. The van der Waals surface area contributed by atoms with Gasteiger partial charge in [-0.05, 0) is 138 Å². The third-order valence-corrected chi connectivity index (χ3v) is 34.4. The highest BCUT2D eigenvalue weighted by Crippen LogP contribution is 2.58. The molecular formula is C71H97N16O40P7S7. The van der Waals surface area contributed by atoms with Gasteiger partial charge in [-0.1, -0.05) is 0 Å². The molecule has 0 amide bonds. The topological polar surface area (TPSA) is 732 Å². The first-order valence-corrected chi connectivity index (χ1v) is 60.4. The van der Waals surface area contributed by atoms with Crippen LogP contribution < -0.4 is 79.1 Å². The third-order valence-electron chi connectivity index (χ3n) is 23.2. The van der Waals surface area contributed by atoms with E-state index in [1.165, 1.54) is 72.5 Å². The van der Waals surface area contributed by atoms with Crippen LogP contribution in [0.4, 0.5) is 11.6 Å². The molecule has 14 rings (SSSR count). The Balaban J connectivity index is 0.664. The monoisotopic (exact) mass is 2250 g/mol. The van der Waals surface area contributed by atoms with Crippen LogP contribution in [0.5, 0.6) is 0 Å². The van der Waals surface area contributed by atoms with E-state index in [2.05, 4.69) is 34.9 Å². The van der Waals surface area contributed by atoms with Crippen LogP contribution >= 0.6 is 47.0 Å². The van der Waals surface area contributed by atoms with E-state index in [-0.39, 0.29) is 65.1 Å². The Bertz CT molecular complexity index is 7080. The number of hydrogen-bond acceptors (Lipinski definition) is 44. The largest absolute Gasteiger partial charge is 0.383 e. The lowest BCUT2D eigenvalue weighted by atomic mass is 10.2. The van der Waals surface area contributed by atoms with Crippen LogP contribution in [0.15, 0.2) is 101 Å². The van der Waals surface area contributed by atoms with E-state index in [9.17, 15) is 91.8 Å². The standard InChI is InChI=1S/C71H97N16O40P7S7/c1-30-17-81(65(93)74-58(30)72)52-11-39(122-128(100,135)107-9)45(115-52)24-109-130(102,137)125-42-14-55(85-21-34(5)62(90)78-69(85)97)118-48(42)27-111-131(103,138)123-40-12-53(82-18-31(2)59(73)75-66(82)94)116-47(40)26-110-132(104,139)126-43-15-56(86-22-35(6)63(91)79-70(86)98)120-50(43)29-113-134(106,141)127-44-16-57(87-23-36(7)64(92)80-71(87)99)119-49(44)28-112-133(105,140)124-41-13-54(84-20-33(4)61(89)77-68(84)96)117-46(41)25-108-129(101,136)121-38-10-51(114-37(38)8)83-19-32(3)60(88)76-67(83)95/h17-23,37-57H,10-16,24-29H2,1-9H3,(H,100,135)(H,101,136)(H,102,137)(H,103,138)(H,104,139)(H,105,140)(H,106,141)(H2,72,74,93)(H2,73,75,94)(H,76,88,95)(H,77,89,96)(H,78,90,97)(H,79,91,98)(H,80,92,99)/t37-,38?,39?,40?,41?,42?,43?,44?,45-,46-,47-,48-,49-,50-,51-,52-,53-,54-,55-,56-,57-,128?,129?,130?,131?,132?,133?,134?/m1/s1. The third kappa shape index (κ3) is 27.5. The van der Waals surface area contributed by atoms with E-state index >= 15 is 0 Å². The quantitative estimate of drug-likeness (QED) is 0.0217. The second-order valence-corrected chi connectivity index (χ2v) is 53.0. The van der Waals surface area contributed by atoms with Gasteiger partial charge in [0.15, 0.2) is 0 Å². The lowest BCUT2D eigenvalue weighted by Gasteiger charge is -2.29. The second kappa shape index (κ2) is 44.5. The van der Waals surface area contributed by atoms with Gasteiger partial charge in [0.2, 0.25) is 0 Å². The van der Waals surface area contributed by atoms with Crippen LogP contribution in [0.1, 0.15) is 134 Å². The first kappa shape index (κ1) is 111. The number of aryl methyl sites for hydroxylation is 7. The molecule has 7 fully saturated rings. The molecule has 0 bridgehead atoms. The molecule has 141 heavy (non-hydrogen) atoms. The Morgan fingerprint density at radius 1 is 0.305 bits per heavy atom. The summed E-state index contributed by atoms with van der Waals surface area (Å²) >= 11 is 38.5. The average molecular weight is 2260 g/mol. The molecule has 70 heteroatoms. The van der Waals surface area contributed by atoms with E-state index < -0.39 is 303 Å². The van der Waals surface area contributed by atoms with Crippen LogP contribution in [0.25, 0.3) is 0 Å². The summed E-state index contributed by atoms with van der Waals surface area (Å²) in [5.41, 5.74) is 2.89. The lowest BCUT2D eigenvalue weighted by molar-refractivity contribution is -0.0582. The van der Waals surface area contributed by atoms with Crippen LogP contribution in [0, 0.1) is 48.5 Å². The zero-order chi connectivity index (χ0) is 103. The van der Waals surface area contributed by atoms with Crippen molar-refractivity contribution in [1.29, 1.82) is 0 Å². The van der Waals surface area contributed by atoms with E-state index in [1.54, 1.807) is 13.8 Å². The van der Waals surface area contributed by atoms with Crippen molar-refractivity contribution in [1.82, 2.24) is 66.9 Å². The van der Waals surface area contributed by atoms with Gasteiger partial charge in [-0.15, -0.1) is 0 Å². The van der Waals surface area contributed by atoms with E-state index in [1.807, 2.05) is 0 Å². The molecule has 778 valence electrons. The van der Waals surface area contributed by atoms with Gasteiger partial charge < -0.3 is 142 Å². The number of rotatable bonds is 40. The first-order valence-electron chi connectivity index (χ1n) is 42.3. The fourth-order valence-corrected chi connectivity index (χ4v) is 25.7. The minimum absolute atomic E-state index is 0.0138. The normalized spacial score (nSPS) is 29.9.